The Morgan fingerprint density at radius 1 is 1.04 bits per heavy atom. The molecule has 4 nitrogen and oxygen atoms in total. The number of hydrogen-bond acceptors (Lipinski definition) is 4. The molecule has 3 aromatic carbocycles. The summed E-state index contributed by atoms with van der Waals surface area (Å²) in [6, 6.07) is 21.1. The normalized spacial score (nSPS) is 10.3. The summed E-state index contributed by atoms with van der Waals surface area (Å²) in [4.78, 5) is 16.7. The Balaban J connectivity index is 0.00000225. The number of nitrogens with one attached hydrogen (secondary N) is 1. The number of nitrogens with zero attached hydrogens (tertiary/aromatic N) is 1. The Kier molecular flexibility index (Phi) is 6.23. The maximum absolute atomic E-state index is 13.3. The second kappa shape index (κ2) is 8.82. The minimum absolute atomic E-state index is 0. The molecule has 4 aromatic rings. The number of aromatic nitrogens is 1. The Morgan fingerprint density at radius 3 is 2.54 bits per heavy atom. The Bertz CT molecular complexity index is 1080. The first kappa shape index (κ1) is 19.8. The molecule has 0 spiro atoms. The van der Waals surface area contributed by atoms with Crippen molar-refractivity contribution in [3.8, 4) is 5.75 Å². The lowest BCUT2D eigenvalue weighted by Gasteiger charge is -2.07. The van der Waals surface area contributed by atoms with E-state index in [0.717, 1.165) is 5.56 Å². The largest absolute Gasteiger partial charge is 0.489 e. The molecule has 1 amide bonds. The molecule has 0 saturated carbocycles. The van der Waals surface area contributed by atoms with Gasteiger partial charge in [0.05, 0.1) is 10.2 Å². The molecule has 0 unspecified atom stereocenters. The fraction of sp³-hybridized carbons (Fsp3) is 0.0476. The van der Waals surface area contributed by atoms with Gasteiger partial charge in [-0.3, -0.25) is 10.1 Å². The highest BCUT2D eigenvalue weighted by molar-refractivity contribution is 7.22. The lowest BCUT2D eigenvalue weighted by molar-refractivity contribution is 0.102. The van der Waals surface area contributed by atoms with Crippen molar-refractivity contribution in [3.63, 3.8) is 0 Å². The van der Waals surface area contributed by atoms with Crippen LogP contribution in [0.4, 0.5) is 9.52 Å². The molecule has 0 atom stereocenters. The highest BCUT2D eigenvalue weighted by Crippen LogP contribution is 2.27. The molecule has 1 heterocycles. The molecule has 0 aliphatic heterocycles. The first-order valence-corrected chi connectivity index (χ1v) is 9.13. The van der Waals surface area contributed by atoms with Crippen LogP contribution in [-0.2, 0) is 6.61 Å². The van der Waals surface area contributed by atoms with E-state index >= 15 is 0 Å². The van der Waals surface area contributed by atoms with Crippen molar-refractivity contribution in [2.75, 3.05) is 5.32 Å². The van der Waals surface area contributed by atoms with Crippen molar-refractivity contribution in [1.29, 1.82) is 0 Å². The predicted octanol–water partition coefficient (Wildman–Crippen LogP) is 5.69. The number of anilines is 1. The van der Waals surface area contributed by atoms with E-state index in [-0.39, 0.29) is 24.1 Å². The first-order valence-electron chi connectivity index (χ1n) is 8.32. The number of amides is 1. The lowest BCUT2D eigenvalue weighted by Crippen LogP contribution is -2.11. The average molecular weight is 415 g/mol. The van der Waals surface area contributed by atoms with Crippen molar-refractivity contribution in [2.24, 2.45) is 0 Å². The van der Waals surface area contributed by atoms with Crippen molar-refractivity contribution < 1.29 is 13.9 Å². The number of fused-ring (bicyclic) bond motifs is 1. The summed E-state index contributed by atoms with van der Waals surface area (Å²) < 4.78 is 19.7. The van der Waals surface area contributed by atoms with Crippen LogP contribution in [0.15, 0.2) is 72.8 Å². The van der Waals surface area contributed by atoms with E-state index in [2.05, 4.69) is 10.3 Å². The van der Waals surface area contributed by atoms with Crippen molar-refractivity contribution >= 4 is 45.0 Å². The second-order valence-electron chi connectivity index (χ2n) is 5.88. The van der Waals surface area contributed by atoms with E-state index in [9.17, 15) is 9.18 Å². The molecule has 0 fully saturated rings. The molecule has 142 valence electrons. The van der Waals surface area contributed by atoms with Gasteiger partial charge in [0.25, 0.3) is 5.91 Å². The number of ether oxygens (including phenoxy) is 1. The second-order valence-corrected chi connectivity index (χ2v) is 6.91. The van der Waals surface area contributed by atoms with Gasteiger partial charge >= 0.3 is 0 Å². The zero-order chi connectivity index (χ0) is 18.6. The number of thiazole rings is 1. The predicted molar refractivity (Wildman–Crippen MR) is 112 cm³/mol. The van der Waals surface area contributed by atoms with Crippen LogP contribution in [0.3, 0.4) is 0 Å². The van der Waals surface area contributed by atoms with E-state index in [0.29, 0.717) is 33.3 Å². The smallest absolute Gasteiger partial charge is 0.257 e. The number of rotatable bonds is 5. The highest BCUT2D eigenvalue weighted by Gasteiger charge is 2.10. The first-order chi connectivity index (χ1) is 13.2. The zero-order valence-electron chi connectivity index (χ0n) is 14.6. The summed E-state index contributed by atoms with van der Waals surface area (Å²) in [5, 5.41) is 3.18. The molecule has 0 radical (unpaired) electrons. The minimum Gasteiger partial charge on any atom is -0.489 e. The summed E-state index contributed by atoms with van der Waals surface area (Å²) in [6.45, 7) is 0.467. The molecule has 7 heteroatoms. The van der Waals surface area contributed by atoms with Crippen molar-refractivity contribution in [2.45, 2.75) is 6.61 Å². The fourth-order valence-electron chi connectivity index (χ4n) is 2.56. The van der Waals surface area contributed by atoms with E-state index < -0.39 is 0 Å². The zero-order valence-corrected chi connectivity index (χ0v) is 16.2. The molecule has 0 aliphatic rings. The SMILES string of the molecule is Cl.O=C(Nc1nc2ccc(F)cc2s1)c1ccc(OCc2ccccc2)cc1. The van der Waals surface area contributed by atoms with Crippen molar-refractivity contribution in [3.05, 3.63) is 89.7 Å². The van der Waals surface area contributed by atoms with E-state index in [4.69, 9.17) is 4.74 Å². The summed E-state index contributed by atoms with van der Waals surface area (Å²) >= 11 is 1.24. The standard InChI is InChI=1S/C21H15FN2O2S.ClH/c22-16-8-11-18-19(12-16)27-21(23-18)24-20(25)15-6-9-17(10-7-15)26-13-14-4-2-1-3-5-14;/h1-12H,13H2,(H,23,24,25);1H. The molecule has 28 heavy (non-hydrogen) atoms. The summed E-state index contributed by atoms with van der Waals surface area (Å²) in [5.74, 6) is 0.0881. The molecule has 1 aromatic heterocycles. The molecule has 1 N–H and O–H groups in total. The van der Waals surface area contributed by atoms with Gasteiger partial charge in [-0.05, 0) is 48.0 Å². The van der Waals surface area contributed by atoms with Gasteiger partial charge in [0, 0.05) is 5.56 Å². The summed E-state index contributed by atoms with van der Waals surface area (Å²) in [5.41, 5.74) is 2.22. The van der Waals surface area contributed by atoms with Gasteiger partial charge in [0.2, 0.25) is 0 Å². The molecule has 0 saturated heterocycles. The number of carbonyl (C=O) groups excluding carboxylic acids is 1. The van der Waals surface area contributed by atoms with Gasteiger partial charge in [-0.2, -0.15) is 0 Å². The highest BCUT2D eigenvalue weighted by atomic mass is 35.5. The van der Waals surface area contributed by atoms with Crippen LogP contribution in [-0.4, -0.2) is 10.9 Å². The summed E-state index contributed by atoms with van der Waals surface area (Å²) in [7, 11) is 0. The van der Waals surface area contributed by atoms with Crippen LogP contribution in [0.1, 0.15) is 15.9 Å². The van der Waals surface area contributed by atoms with E-state index in [1.54, 1.807) is 30.3 Å². The fourth-order valence-corrected chi connectivity index (χ4v) is 3.45. The van der Waals surface area contributed by atoms with Crippen LogP contribution >= 0.6 is 23.7 Å². The number of carbonyl (C=O) groups is 1. The van der Waals surface area contributed by atoms with Crippen LogP contribution in [0.25, 0.3) is 10.2 Å². The Morgan fingerprint density at radius 2 is 1.79 bits per heavy atom. The van der Waals surface area contributed by atoms with Gasteiger partial charge in [-0.15, -0.1) is 12.4 Å². The average Bonchev–Trinajstić information content (AvgIpc) is 3.09. The monoisotopic (exact) mass is 414 g/mol. The van der Waals surface area contributed by atoms with Crippen LogP contribution in [0.5, 0.6) is 5.75 Å². The van der Waals surface area contributed by atoms with Gasteiger partial charge in [-0.25, -0.2) is 9.37 Å². The molecular formula is C21H16ClFN2O2S. The quantitative estimate of drug-likeness (QED) is 0.456. The van der Waals surface area contributed by atoms with E-state index in [1.807, 2.05) is 30.3 Å². The lowest BCUT2D eigenvalue weighted by atomic mass is 10.2. The molecule has 0 aliphatic carbocycles. The molecular weight excluding hydrogens is 399 g/mol. The minimum atomic E-state index is -0.324. The number of halogens is 2. The Hall–Kier alpha value is -2.96. The number of hydrogen-bond donors (Lipinski definition) is 1. The molecule has 4 rings (SSSR count). The van der Waals surface area contributed by atoms with Gasteiger partial charge in [0.15, 0.2) is 5.13 Å². The maximum atomic E-state index is 13.3. The van der Waals surface area contributed by atoms with Gasteiger partial charge in [-0.1, -0.05) is 41.7 Å². The van der Waals surface area contributed by atoms with Crippen molar-refractivity contribution in [1.82, 2.24) is 4.98 Å². The van der Waals surface area contributed by atoms with E-state index in [1.165, 1.54) is 23.5 Å². The van der Waals surface area contributed by atoms with Crippen LogP contribution in [0, 0.1) is 5.82 Å². The third-order valence-electron chi connectivity index (χ3n) is 3.94. The molecule has 0 bridgehead atoms. The topological polar surface area (TPSA) is 51.2 Å². The van der Waals surface area contributed by atoms with Gasteiger partial charge in [0.1, 0.15) is 18.2 Å². The number of benzene rings is 3. The van der Waals surface area contributed by atoms with Crippen LogP contribution in [0.2, 0.25) is 0 Å². The van der Waals surface area contributed by atoms with Gasteiger partial charge < -0.3 is 4.74 Å². The summed E-state index contributed by atoms with van der Waals surface area (Å²) in [6.07, 6.45) is 0. The maximum Gasteiger partial charge on any atom is 0.257 e. The van der Waals surface area contributed by atoms with Crippen LogP contribution < -0.4 is 10.1 Å². The third-order valence-corrected chi connectivity index (χ3v) is 4.87. The Labute approximate surface area is 171 Å². The third kappa shape index (κ3) is 4.65.